The maximum absolute atomic E-state index is 13.3. The van der Waals surface area contributed by atoms with Crippen molar-refractivity contribution in [2.24, 2.45) is 28.6 Å². The van der Waals surface area contributed by atoms with Crippen LogP contribution in [-0.4, -0.2) is 39.8 Å². The fourth-order valence-corrected chi connectivity index (χ4v) is 6.98. The average Bonchev–Trinajstić information content (AvgIpc) is 2.86. The molecule has 4 rings (SSSR count). The van der Waals surface area contributed by atoms with Crippen LogP contribution in [0.2, 0.25) is 0 Å². The van der Waals surface area contributed by atoms with Gasteiger partial charge in [0.25, 0.3) is 0 Å². The van der Waals surface area contributed by atoms with Gasteiger partial charge in [-0.3, -0.25) is 14.4 Å². The minimum Gasteiger partial charge on any atom is -0.388 e. The van der Waals surface area contributed by atoms with Gasteiger partial charge in [-0.05, 0) is 55.4 Å². The Balaban J connectivity index is 1.75. The standard InChI is InChI=1S/C21H28O5/c1-19-7-5-13(23)9-12(19)3-4-14-15-6-8-21(26,17(25)11-22)20(15,2)10-16(24)18(14)19/h9,14-15,18,22,26H,3-8,10-11H2,1-2H3/t14-,15-,18+,19-,20-,21+/m0/s1. The molecule has 0 aromatic rings. The minimum absolute atomic E-state index is 0.0988. The molecule has 0 unspecified atom stereocenters. The number of fused-ring (bicyclic) bond motifs is 5. The maximum atomic E-state index is 13.3. The second-order valence-electron chi connectivity index (χ2n) is 9.38. The van der Waals surface area contributed by atoms with E-state index in [1.54, 1.807) is 6.08 Å². The Bertz CT molecular complexity index is 724. The molecular formula is C21H28O5. The summed E-state index contributed by atoms with van der Waals surface area (Å²) in [7, 11) is 0. The van der Waals surface area contributed by atoms with Crippen LogP contribution in [0.3, 0.4) is 0 Å². The average molecular weight is 360 g/mol. The largest absolute Gasteiger partial charge is 0.388 e. The number of hydrogen-bond donors (Lipinski definition) is 2. The van der Waals surface area contributed by atoms with Crippen molar-refractivity contribution >= 4 is 17.3 Å². The molecule has 3 fully saturated rings. The highest BCUT2D eigenvalue weighted by molar-refractivity contribution is 5.94. The molecule has 142 valence electrons. The summed E-state index contributed by atoms with van der Waals surface area (Å²) in [5.74, 6) is -0.172. The molecule has 0 radical (unpaired) electrons. The van der Waals surface area contributed by atoms with Crippen molar-refractivity contribution in [1.82, 2.24) is 0 Å². The number of aliphatic hydroxyl groups excluding tert-OH is 1. The lowest BCUT2D eigenvalue weighted by Crippen LogP contribution is -2.60. The van der Waals surface area contributed by atoms with Gasteiger partial charge < -0.3 is 10.2 Å². The fourth-order valence-electron chi connectivity index (χ4n) is 6.98. The van der Waals surface area contributed by atoms with Crippen LogP contribution in [0.15, 0.2) is 11.6 Å². The number of aliphatic hydroxyl groups is 2. The van der Waals surface area contributed by atoms with Gasteiger partial charge in [0.15, 0.2) is 11.6 Å². The van der Waals surface area contributed by atoms with Crippen LogP contribution < -0.4 is 0 Å². The summed E-state index contributed by atoms with van der Waals surface area (Å²) in [5, 5.41) is 20.5. The Morgan fingerprint density at radius 3 is 2.62 bits per heavy atom. The minimum atomic E-state index is -1.60. The normalized spacial score (nSPS) is 47.7. The third-order valence-electron chi connectivity index (χ3n) is 8.41. The van der Waals surface area contributed by atoms with E-state index < -0.39 is 23.4 Å². The van der Waals surface area contributed by atoms with Crippen LogP contribution in [0, 0.1) is 28.6 Å². The highest BCUT2D eigenvalue weighted by Crippen LogP contribution is 2.66. The number of Topliss-reactive ketones (excluding diaryl/α,β-unsaturated/α-hetero) is 2. The molecule has 0 saturated heterocycles. The lowest BCUT2D eigenvalue weighted by Gasteiger charge is -2.57. The number of carbonyl (C=O) groups is 3. The number of hydrogen-bond acceptors (Lipinski definition) is 5. The summed E-state index contributed by atoms with van der Waals surface area (Å²) >= 11 is 0. The van der Waals surface area contributed by atoms with E-state index in [1.807, 2.05) is 6.92 Å². The van der Waals surface area contributed by atoms with E-state index in [0.717, 1.165) is 18.4 Å². The van der Waals surface area contributed by atoms with Crippen molar-refractivity contribution in [3.05, 3.63) is 11.6 Å². The maximum Gasteiger partial charge on any atom is 0.190 e. The molecule has 5 nitrogen and oxygen atoms in total. The number of allylic oxidation sites excluding steroid dienone is 1. The van der Waals surface area contributed by atoms with Gasteiger partial charge in [0.2, 0.25) is 0 Å². The SMILES string of the molecule is C[C@]12CCC(=O)C=C1CC[C@@H]1[C@@H]2C(=O)C[C@@]2(C)[C@H]1CC[C@@]2(O)C(=O)CO. The predicted octanol–water partition coefficient (Wildman–Crippen LogP) is 1.99. The molecule has 0 bridgehead atoms. The van der Waals surface area contributed by atoms with Crippen molar-refractivity contribution in [2.75, 3.05) is 6.61 Å². The molecule has 0 amide bonds. The Morgan fingerprint density at radius 2 is 1.92 bits per heavy atom. The summed E-state index contributed by atoms with van der Waals surface area (Å²) in [4.78, 5) is 37.5. The highest BCUT2D eigenvalue weighted by atomic mass is 16.3. The molecule has 5 heteroatoms. The van der Waals surface area contributed by atoms with Gasteiger partial charge in [-0.1, -0.05) is 19.4 Å². The second kappa shape index (κ2) is 5.59. The summed E-state index contributed by atoms with van der Waals surface area (Å²) in [6.07, 6.45) is 5.83. The molecule has 0 aromatic carbocycles. The van der Waals surface area contributed by atoms with Gasteiger partial charge in [-0.25, -0.2) is 0 Å². The Labute approximate surface area is 153 Å². The molecule has 4 aliphatic rings. The van der Waals surface area contributed by atoms with Crippen molar-refractivity contribution in [3.8, 4) is 0 Å². The lowest BCUT2D eigenvalue weighted by atomic mass is 9.46. The molecule has 6 atom stereocenters. The van der Waals surface area contributed by atoms with E-state index in [4.69, 9.17) is 0 Å². The smallest absolute Gasteiger partial charge is 0.190 e. The van der Waals surface area contributed by atoms with Crippen LogP contribution in [0.4, 0.5) is 0 Å². The van der Waals surface area contributed by atoms with Crippen molar-refractivity contribution in [1.29, 1.82) is 0 Å². The Kier molecular flexibility index (Phi) is 3.88. The van der Waals surface area contributed by atoms with E-state index >= 15 is 0 Å². The molecule has 0 spiro atoms. The van der Waals surface area contributed by atoms with E-state index in [9.17, 15) is 24.6 Å². The first-order valence-corrected chi connectivity index (χ1v) is 9.80. The number of ketones is 3. The van der Waals surface area contributed by atoms with Gasteiger partial charge in [0.05, 0.1) is 0 Å². The van der Waals surface area contributed by atoms with Crippen LogP contribution >= 0.6 is 0 Å². The second-order valence-corrected chi connectivity index (χ2v) is 9.38. The van der Waals surface area contributed by atoms with Crippen LogP contribution in [0.1, 0.15) is 58.8 Å². The van der Waals surface area contributed by atoms with E-state index in [2.05, 4.69) is 6.92 Å². The van der Waals surface area contributed by atoms with Crippen molar-refractivity contribution in [3.63, 3.8) is 0 Å². The van der Waals surface area contributed by atoms with Crippen molar-refractivity contribution in [2.45, 2.75) is 64.4 Å². The van der Waals surface area contributed by atoms with E-state index in [0.29, 0.717) is 25.7 Å². The van der Waals surface area contributed by atoms with E-state index in [1.165, 1.54) is 0 Å². The lowest BCUT2D eigenvalue weighted by molar-refractivity contribution is -0.170. The molecule has 3 saturated carbocycles. The zero-order chi connectivity index (χ0) is 18.9. The zero-order valence-corrected chi connectivity index (χ0v) is 15.6. The first-order chi connectivity index (χ1) is 12.2. The van der Waals surface area contributed by atoms with Crippen LogP contribution in [-0.2, 0) is 14.4 Å². The molecule has 0 aromatic heterocycles. The molecule has 0 heterocycles. The Morgan fingerprint density at radius 1 is 1.19 bits per heavy atom. The molecule has 26 heavy (non-hydrogen) atoms. The number of carbonyl (C=O) groups excluding carboxylic acids is 3. The van der Waals surface area contributed by atoms with Crippen LogP contribution in [0.5, 0.6) is 0 Å². The summed E-state index contributed by atoms with van der Waals surface area (Å²) < 4.78 is 0. The first-order valence-electron chi connectivity index (χ1n) is 9.80. The molecule has 0 aliphatic heterocycles. The van der Waals surface area contributed by atoms with Crippen molar-refractivity contribution < 1.29 is 24.6 Å². The third-order valence-corrected chi connectivity index (χ3v) is 8.41. The topological polar surface area (TPSA) is 91.7 Å². The summed E-state index contributed by atoms with van der Waals surface area (Å²) in [5.41, 5.74) is -1.55. The monoisotopic (exact) mass is 360 g/mol. The predicted molar refractivity (Wildman–Crippen MR) is 94.1 cm³/mol. The third kappa shape index (κ3) is 2.07. The summed E-state index contributed by atoms with van der Waals surface area (Å²) in [6.45, 7) is 3.31. The zero-order valence-electron chi connectivity index (χ0n) is 15.6. The number of rotatable bonds is 2. The van der Waals surface area contributed by atoms with Gasteiger partial charge in [-0.15, -0.1) is 0 Å². The fraction of sp³-hybridized carbons (Fsp3) is 0.762. The molecule has 4 aliphatic carbocycles. The van der Waals surface area contributed by atoms with Gasteiger partial charge >= 0.3 is 0 Å². The Hall–Kier alpha value is -1.33. The molecular weight excluding hydrogens is 332 g/mol. The molecule has 2 N–H and O–H groups in total. The highest BCUT2D eigenvalue weighted by Gasteiger charge is 2.68. The van der Waals surface area contributed by atoms with Gasteiger partial charge in [0, 0.05) is 24.2 Å². The summed E-state index contributed by atoms with van der Waals surface area (Å²) in [6, 6.07) is 0. The van der Waals surface area contributed by atoms with E-state index in [-0.39, 0.29) is 41.2 Å². The van der Waals surface area contributed by atoms with Crippen LogP contribution in [0.25, 0.3) is 0 Å². The quantitative estimate of drug-likeness (QED) is 0.786. The van der Waals surface area contributed by atoms with Gasteiger partial charge in [0.1, 0.15) is 18.0 Å². The first kappa shape index (κ1) is 18.1. The van der Waals surface area contributed by atoms with Gasteiger partial charge in [-0.2, -0.15) is 0 Å².